The lowest BCUT2D eigenvalue weighted by atomic mass is 10.1. The summed E-state index contributed by atoms with van der Waals surface area (Å²) in [6, 6.07) is 0.226. The lowest BCUT2D eigenvalue weighted by molar-refractivity contribution is 0.0739. The van der Waals surface area contributed by atoms with Crippen molar-refractivity contribution in [1.29, 1.82) is 0 Å². The molecule has 68 valence electrons. The molecule has 0 saturated heterocycles. The van der Waals surface area contributed by atoms with Gasteiger partial charge in [0.25, 0.3) is 6.43 Å². The van der Waals surface area contributed by atoms with Gasteiger partial charge in [-0.15, -0.1) is 0 Å². The number of halogens is 2. The maximum atomic E-state index is 11.9. The highest BCUT2D eigenvalue weighted by Crippen LogP contribution is 2.09. The van der Waals surface area contributed by atoms with Crippen molar-refractivity contribution in [3.63, 3.8) is 0 Å². The summed E-state index contributed by atoms with van der Waals surface area (Å²) in [6.07, 6.45) is -2.22. The van der Waals surface area contributed by atoms with Gasteiger partial charge in [-0.25, -0.2) is 8.78 Å². The Balaban J connectivity index is 3.73. The van der Waals surface area contributed by atoms with Crippen LogP contribution < -0.4 is 0 Å². The molecule has 0 aromatic heterocycles. The van der Waals surface area contributed by atoms with Crippen molar-refractivity contribution in [1.82, 2.24) is 4.90 Å². The Labute approximate surface area is 67.4 Å². The van der Waals surface area contributed by atoms with Crippen LogP contribution in [0, 0.1) is 5.92 Å². The molecule has 0 aromatic carbocycles. The van der Waals surface area contributed by atoms with E-state index >= 15 is 0 Å². The Morgan fingerprint density at radius 2 is 1.64 bits per heavy atom. The van der Waals surface area contributed by atoms with E-state index < -0.39 is 6.43 Å². The first kappa shape index (κ1) is 10.8. The molecule has 0 rings (SSSR count). The highest BCUT2D eigenvalue weighted by atomic mass is 19.3. The molecule has 1 nitrogen and oxygen atoms in total. The van der Waals surface area contributed by atoms with Gasteiger partial charge in [0, 0.05) is 6.04 Å². The van der Waals surface area contributed by atoms with Crippen molar-refractivity contribution >= 4 is 0 Å². The molecule has 3 heteroatoms. The monoisotopic (exact) mass is 165 g/mol. The van der Waals surface area contributed by atoms with Gasteiger partial charge in [0.2, 0.25) is 0 Å². The van der Waals surface area contributed by atoms with E-state index in [1.165, 1.54) is 0 Å². The topological polar surface area (TPSA) is 3.24 Å². The lowest BCUT2D eigenvalue weighted by Gasteiger charge is -2.27. The van der Waals surface area contributed by atoms with Crippen LogP contribution >= 0.6 is 0 Å². The number of alkyl halides is 2. The first-order valence-electron chi connectivity index (χ1n) is 3.93. The van der Waals surface area contributed by atoms with Crippen LogP contribution in [0.25, 0.3) is 0 Å². The molecule has 0 spiro atoms. The molecule has 0 saturated carbocycles. The largest absolute Gasteiger partial charge is 0.298 e. The summed E-state index contributed by atoms with van der Waals surface area (Å²) in [7, 11) is 1.73. The fraction of sp³-hybridized carbons (Fsp3) is 1.00. The molecule has 0 bridgehead atoms. The standard InChI is InChI=1S/C8H17F2N/c1-6(2)7(3)11(4)5-8(9)10/h6-8H,5H2,1-4H3. The molecular formula is C8H17F2N. The van der Waals surface area contributed by atoms with Gasteiger partial charge < -0.3 is 0 Å². The van der Waals surface area contributed by atoms with Gasteiger partial charge in [0.05, 0.1) is 6.54 Å². The minimum Gasteiger partial charge on any atom is -0.298 e. The van der Waals surface area contributed by atoms with E-state index in [9.17, 15) is 8.78 Å². The van der Waals surface area contributed by atoms with Crippen LogP contribution in [-0.2, 0) is 0 Å². The minimum atomic E-state index is -2.22. The summed E-state index contributed by atoms with van der Waals surface area (Å²) in [6.45, 7) is 5.91. The first-order valence-corrected chi connectivity index (χ1v) is 3.93. The molecule has 0 aromatic rings. The molecule has 0 aliphatic carbocycles. The van der Waals surface area contributed by atoms with Crippen LogP contribution in [0.4, 0.5) is 8.78 Å². The first-order chi connectivity index (χ1) is 4.95. The average molecular weight is 165 g/mol. The molecule has 0 amide bonds. The van der Waals surface area contributed by atoms with Gasteiger partial charge in [0.15, 0.2) is 0 Å². The Hall–Kier alpha value is -0.180. The van der Waals surface area contributed by atoms with Gasteiger partial charge in [-0.3, -0.25) is 4.90 Å². The smallest absolute Gasteiger partial charge is 0.251 e. The molecule has 0 N–H and O–H groups in total. The summed E-state index contributed by atoms with van der Waals surface area (Å²) in [5.74, 6) is 0.429. The van der Waals surface area contributed by atoms with Gasteiger partial charge in [0.1, 0.15) is 0 Å². The molecule has 0 heterocycles. The Morgan fingerprint density at radius 3 is 1.91 bits per heavy atom. The van der Waals surface area contributed by atoms with Gasteiger partial charge in [-0.05, 0) is 19.9 Å². The molecule has 0 aliphatic rings. The summed E-state index contributed by atoms with van der Waals surface area (Å²) in [4.78, 5) is 1.69. The van der Waals surface area contributed by atoms with Crippen LogP contribution in [0.5, 0.6) is 0 Å². The maximum absolute atomic E-state index is 11.9. The molecule has 0 aliphatic heterocycles. The fourth-order valence-corrected chi connectivity index (χ4v) is 0.893. The van der Waals surface area contributed by atoms with Gasteiger partial charge in [-0.2, -0.15) is 0 Å². The van der Waals surface area contributed by atoms with E-state index in [-0.39, 0.29) is 12.6 Å². The van der Waals surface area contributed by atoms with E-state index in [0.717, 1.165) is 0 Å². The van der Waals surface area contributed by atoms with E-state index in [1.54, 1.807) is 11.9 Å². The highest BCUT2D eigenvalue weighted by Gasteiger charge is 2.16. The second-order valence-electron chi connectivity index (χ2n) is 3.32. The number of hydrogen-bond donors (Lipinski definition) is 0. The number of hydrogen-bond acceptors (Lipinski definition) is 1. The number of nitrogens with zero attached hydrogens (tertiary/aromatic N) is 1. The average Bonchev–Trinajstić information content (AvgIpc) is 1.84. The van der Waals surface area contributed by atoms with Gasteiger partial charge >= 0.3 is 0 Å². The van der Waals surface area contributed by atoms with Crippen LogP contribution in [0.3, 0.4) is 0 Å². The maximum Gasteiger partial charge on any atom is 0.251 e. The molecular weight excluding hydrogens is 148 g/mol. The van der Waals surface area contributed by atoms with Crippen molar-refractivity contribution in [3.8, 4) is 0 Å². The molecule has 1 unspecified atom stereocenters. The summed E-state index contributed by atoms with van der Waals surface area (Å²) < 4.78 is 23.7. The summed E-state index contributed by atoms with van der Waals surface area (Å²) in [5.41, 5.74) is 0. The van der Waals surface area contributed by atoms with Crippen LogP contribution in [0.1, 0.15) is 20.8 Å². The zero-order valence-corrected chi connectivity index (χ0v) is 7.64. The van der Waals surface area contributed by atoms with E-state index in [4.69, 9.17) is 0 Å². The van der Waals surface area contributed by atoms with Gasteiger partial charge in [-0.1, -0.05) is 13.8 Å². The van der Waals surface area contributed by atoms with Crippen molar-refractivity contribution in [2.45, 2.75) is 33.2 Å². The normalized spacial score (nSPS) is 15.0. The third-order valence-electron chi connectivity index (χ3n) is 2.09. The highest BCUT2D eigenvalue weighted by molar-refractivity contribution is 4.66. The van der Waals surface area contributed by atoms with Crippen LogP contribution in [-0.4, -0.2) is 31.0 Å². The van der Waals surface area contributed by atoms with Crippen molar-refractivity contribution in [2.24, 2.45) is 5.92 Å². The molecule has 1 atom stereocenters. The van der Waals surface area contributed by atoms with Crippen LogP contribution in [0.15, 0.2) is 0 Å². The minimum absolute atomic E-state index is 0.126. The van der Waals surface area contributed by atoms with Crippen molar-refractivity contribution in [3.05, 3.63) is 0 Å². The third kappa shape index (κ3) is 4.30. The zero-order valence-electron chi connectivity index (χ0n) is 7.64. The SMILES string of the molecule is CC(C)C(C)N(C)CC(F)F. The van der Waals surface area contributed by atoms with Crippen molar-refractivity contribution < 1.29 is 8.78 Å². The lowest BCUT2D eigenvalue weighted by Crippen LogP contribution is -2.36. The Morgan fingerprint density at radius 1 is 1.18 bits per heavy atom. The number of rotatable bonds is 4. The molecule has 0 fully saturated rings. The predicted octanol–water partition coefficient (Wildman–Crippen LogP) is 2.23. The van der Waals surface area contributed by atoms with E-state index in [2.05, 4.69) is 0 Å². The second kappa shape index (κ2) is 4.65. The van der Waals surface area contributed by atoms with Crippen molar-refractivity contribution in [2.75, 3.05) is 13.6 Å². The third-order valence-corrected chi connectivity index (χ3v) is 2.09. The Bertz CT molecular complexity index is 104. The Kier molecular flexibility index (Phi) is 4.57. The zero-order chi connectivity index (χ0) is 9.02. The van der Waals surface area contributed by atoms with E-state index in [0.29, 0.717) is 5.92 Å². The summed E-state index contributed by atoms with van der Waals surface area (Å²) in [5, 5.41) is 0. The fourth-order valence-electron chi connectivity index (χ4n) is 0.893. The van der Waals surface area contributed by atoms with Crippen LogP contribution in [0.2, 0.25) is 0 Å². The molecule has 0 radical (unpaired) electrons. The summed E-state index contributed by atoms with van der Waals surface area (Å²) >= 11 is 0. The van der Waals surface area contributed by atoms with E-state index in [1.807, 2.05) is 20.8 Å². The second-order valence-corrected chi connectivity index (χ2v) is 3.32. The predicted molar refractivity (Wildman–Crippen MR) is 42.9 cm³/mol. The quantitative estimate of drug-likeness (QED) is 0.617. The molecule has 11 heavy (non-hydrogen) atoms.